The fourth-order valence-corrected chi connectivity index (χ4v) is 0.989. The molecule has 4 heteroatoms. The van der Waals surface area contributed by atoms with Gasteiger partial charge in [-0.1, -0.05) is 12.1 Å². The van der Waals surface area contributed by atoms with E-state index in [0.29, 0.717) is 5.56 Å². The highest BCUT2D eigenvalue weighted by atomic mass is 16.3. The number of aromatic hydroxyl groups is 1. The average Bonchev–Trinajstić information content (AvgIpc) is 2.17. The molecule has 0 aromatic heterocycles. The molecule has 0 aliphatic heterocycles. The minimum atomic E-state index is -0.675. The first-order chi connectivity index (χ1) is 6.15. The van der Waals surface area contributed by atoms with E-state index >= 15 is 0 Å². The van der Waals surface area contributed by atoms with Crippen molar-refractivity contribution in [2.45, 2.75) is 6.04 Å². The smallest absolute Gasteiger partial charge is 0.241 e. The highest BCUT2D eigenvalue weighted by Crippen LogP contribution is 2.14. The number of hydrogen-bond acceptors (Lipinski definition) is 3. The van der Waals surface area contributed by atoms with E-state index in [1.54, 1.807) is 12.1 Å². The first-order valence-corrected chi connectivity index (χ1v) is 3.91. The molecule has 1 aromatic carbocycles. The maximum atomic E-state index is 11.1. The Balaban J connectivity index is 2.83. The lowest BCUT2D eigenvalue weighted by Gasteiger charge is -2.09. The second-order valence-electron chi connectivity index (χ2n) is 2.68. The molecular formula is C9H12N2O2. The zero-order valence-corrected chi connectivity index (χ0v) is 7.32. The van der Waals surface area contributed by atoms with Gasteiger partial charge < -0.3 is 16.2 Å². The summed E-state index contributed by atoms with van der Waals surface area (Å²) in [5.41, 5.74) is 6.28. The molecule has 0 unspecified atom stereocenters. The Labute approximate surface area is 76.4 Å². The van der Waals surface area contributed by atoms with Gasteiger partial charge in [0.05, 0.1) is 0 Å². The van der Waals surface area contributed by atoms with E-state index in [2.05, 4.69) is 5.32 Å². The Morgan fingerprint density at radius 1 is 1.46 bits per heavy atom. The molecule has 1 amide bonds. The van der Waals surface area contributed by atoms with Gasteiger partial charge in [0.25, 0.3) is 0 Å². The molecule has 0 fully saturated rings. The molecule has 0 bridgehead atoms. The predicted octanol–water partition coefficient (Wildman–Crippen LogP) is 0.138. The van der Waals surface area contributed by atoms with Crippen LogP contribution in [0, 0.1) is 0 Å². The monoisotopic (exact) mass is 180 g/mol. The number of hydrogen-bond donors (Lipinski definition) is 3. The summed E-state index contributed by atoms with van der Waals surface area (Å²) in [6.07, 6.45) is 0. The number of amides is 1. The molecule has 0 saturated heterocycles. The molecule has 0 aliphatic carbocycles. The topological polar surface area (TPSA) is 75.4 Å². The van der Waals surface area contributed by atoms with Gasteiger partial charge in [0.15, 0.2) is 0 Å². The summed E-state index contributed by atoms with van der Waals surface area (Å²) < 4.78 is 0. The van der Waals surface area contributed by atoms with Crippen LogP contribution in [0.5, 0.6) is 5.75 Å². The SMILES string of the molecule is CNC(=O)[C@@H](N)c1ccc(O)cc1. The molecule has 0 radical (unpaired) electrons. The van der Waals surface area contributed by atoms with E-state index in [0.717, 1.165) is 0 Å². The molecule has 0 spiro atoms. The van der Waals surface area contributed by atoms with E-state index in [9.17, 15) is 4.79 Å². The molecular weight excluding hydrogens is 168 g/mol. The van der Waals surface area contributed by atoms with Crippen molar-refractivity contribution in [2.24, 2.45) is 5.73 Å². The van der Waals surface area contributed by atoms with Crippen LogP contribution >= 0.6 is 0 Å². The van der Waals surface area contributed by atoms with Crippen LogP contribution in [0.2, 0.25) is 0 Å². The molecule has 1 atom stereocenters. The third-order valence-corrected chi connectivity index (χ3v) is 1.78. The highest BCUT2D eigenvalue weighted by molar-refractivity contribution is 5.82. The van der Waals surface area contributed by atoms with Crippen LogP contribution in [0.15, 0.2) is 24.3 Å². The number of phenols is 1. The van der Waals surface area contributed by atoms with Crippen LogP contribution in [0.25, 0.3) is 0 Å². The van der Waals surface area contributed by atoms with Crippen LogP contribution in [-0.2, 0) is 4.79 Å². The largest absolute Gasteiger partial charge is 0.508 e. The number of carbonyl (C=O) groups excluding carboxylic acids is 1. The highest BCUT2D eigenvalue weighted by Gasteiger charge is 2.13. The average molecular weight is 180 g/mol. The van der Waals surface area contributed by atoms with E-state index in [1.807, 2.05) is 0 Å². The van der Waals surface area contributed by atoms with E-state index in [4.69, 9.17) is 10.8 Å². The molecule has 0 saturated carbocycles. The Hall–Kier alpha value is -1.55. The number of nitrogens with two attached hydrogens (primary N) is 1. The van der Waals surface area contributed by atoms with Crippen molar-refractivity contribution in [3.8, 4) is 5.75 Å². The maximum absolute atomic E-state index is 11.1. The number of rotatable bonds is 2. The lowest BCUT2D eigenvalue weighted by Crippen LogP contribution is -2.31. The molecule has 4 N–H and O–H groups in total. The second kappa shape index (κ2) is 3.91. The van der Waals surface area contributed by atoms with Crippen LogP contribution in [0.1, 0.15) is 11.6 Å². The van der Waals surface area contributed by atoms with Gasteiger partial charge in [-0.15, -0.1) is 0 Å². The number of nitrogens with one attached hydrogen (secondary N) is 1. The molecule has 70 valence electrons. The summed E-state index contributed by atoms with van der Waals surface area (Å²) in [6, 6.07) is 5.56. The van der Waals surface area contributed by atoms with Crippen molar-refractivity contribution in [2.75, 3.05) is 7.05 Å². The van der Waals surface area contributed by atoms with Gasteiger partial charge >= 0.3 is 0 Å². The summed E-state index contributed by atoms with van der Waals surface area (Å²) in [5, 5.41) is 11.4. The molecule has 1 aromatic rings. The lowest BCUT2D eigenvalue weighted by molar-refractivity contribution is -0.121. The maximum Gasteiger partial charge on any atom is 0.241 e. The number of benzene rings is 1. The van der Waals surface area contributed by atoms with Crippen LogP contribution < -0.4 is 11.1 Å². The standard InChI is InChI=1S/C9H12N2O2/c1-11-9(13)8(10)6-2-4-7(12)5-3-6/h2-5,8,12H,10H2,1H3,(H,11,13)/t8-/m0/s1. The third-order valence-electron chi connectivity index (χ3n) is 1.78. The quantitative estimate of drug-likeness (QED) is 0.606. The summed E-state index contributed by atoms with van der Waals surface area (Å²) in [6.45, 7) is 0. The van der Waals surface area contributed by atoms with Crippen molar-refractivity contribution < 1.29 is 9.90 Å². The number of carbonyl (C=O) groups is 1. The fourth-order valence-electron chi connectivity index (χ4n) is 0.989. The molecule has 0 heterocycles. The van der Waals surface area contributed by atoms with Crippen molar-refractivity contribution >= 4 is 5.91 Å². The van der Waals surface area contributed by atoms with Gasteiger partial charge in [-0.05, 0) is 17.7 Å². The van der Waals surface area contributed by atoms with Crippen LogP contribution in [0.3, 0.4) is 0 Å². The summed E-state index contributed by atoms with van der Waals surface area (Å²) in [7, 11) is 1.53. The van der Waals surface area contributed by atoms with Gasteiger partial charge in [-0.25, -0.2) is 0 Å². The second-order valence-corrected chi connectivity index (χ2v) is 2.68. The Bertz CT molecular complexity index is 295. The Morgan fingerprint density at radius 3 is 2.46 bits per heavy atom. The van der Waals surface area contributed by atoms with Gasteiger partial charge in [0.2, 0.25) is 5.91 Å². The molecule has 13 heavy (non-hydrogen) atoms. The van der Waals surface area contributed by atoms with Crippen LogP contribution in [-0.4, -0.2) is 18.1 Å². The first kappa shape index (κ1) is 9.54. The third kappa shape index (κ3) is 2.19. The number of likely N-dealkylation sites (N-methyl/N-ethyl adjacent to an activating group) is 1. The minimum Gasteiger partial charge on any atom is -0.508 e. The molecule has 0 aliphatic rings. The first-order valence-electron chi connectivity index (χ1n) is 3.91. The number of phenolic OH excluding ortho intramolecular Hbond substituents is 1. The van der Waals surface area contributed by atoms with Crippen molar-refractivity contribution in [3.63, 3.8) is 0 Å². The predicted molar refractivity (Wildman–Crippen MR) is 49.1 cm³/mol. The van der Waals surface area contributed by atoms with Crippen molar-refractivity contribution in [3.05, 3.63) is 29.8 Å². The Morgan fingerprint density at radius 2 is 2.00 bits per heavy atom. The normalized spacial score (nSPS) is 12.2. The summed E-state index contributed by atoms with van der Waals surface area (Å²) >= 11 is 0. The zero-order valence-electron chi connectivity index (χ0n) is 7.32. The van der Waals surface area contributed by atoms with Crippen molar-refractivity contribution in [1.82, 2.24) is 5.32 Å². The van der Waals surface area contributed by atoms with Crippen LogP contribution in [0.4, 0.5) is 0 Å². The zero-order chi connectivity index (χ0) is 9.84. The van der Waals surface area contributed by atoms with Gasteiger partial charge in [-0.3, -0.25) is 4.79 Å². The van der Waals surface area contributed by atoms with Crippen molar-refractivity contribution in [1.29, 1.82) is 0 Å². The summed E-state index contributed by atoms with van der Waals surface area (Å²) in [4.78, 5) is 11.1. The lowest BCUT2D eigenvalue weighted by atomic mass is 10.1. The molecule has 4 nitrogen and oxygen atoms in total. The minimum absolute atomic E-state index is 0.160. The van der Waals surface area contributed by atoms with Gasteiger partial charge in [0, 0.05) is 7.05 Å². The molecule has 1 rings (SSSR count). The van der Waals surface area contributed by atoms with Gasteiger partial charge in [0.1, 0.15) is 11.8 Å². The fraction of sp³-hybridized carbons (Fsp3) is 0.222. The van der Waals surface area contributed by atoms with Gasteiger partial charge in [-0.2, -0.15) is 0 Å². The van der Waals surface area contributed by atoms with E-state index in [-0.39, 0.29) is 11.7 Å². The van der Waals surface area contributed by atoms with E-state index < -0.39 is 6.04 Å². The summed E-state index contributed by atoms with van der Waals surface area (Å²) in [5.74, 6) is -0.0847. The van der Waals surface area contributed by atoms with E-state index in [1.165, 1.54) is 19.2 Å². The Kier molecular flexibility index (Phi) is 2.87.